The Morgan fingerprint density at radius 2 is 1.83 bits per heavy atom. The third kappa shape index (κ3) is 4.90. The Morgan fingerprint density at radius 3 is 2.39 bits per heavy atom. The average Bonchev–Trinajstić information content (AvgIpc) is 3.07. The zero-order chi connectivity index (χ0) is 27.0. The predicted molar refractivity (Wildman–Crippen MR) is 132 cm³/mol. The van der Waals surface area contributed by atoms with E-state index in [2.05, 4.69) is 27.0 Å². The van der Waals surface area contributed by atoms with Crippen LogP contribution in [0.1, 0.15) is 67.2 Å². The molecule has 0 bridgehead atoms. The summed E-state index contributed by atoms with van der Waals surface area (Å²) in [7, 11) is 0. The molecule has 2 aliphatic carbocycles. The van der Waals surface area contributed by atoms with Crippen molar-refractivity contribution in [3.8, 4) is 0 Å². The van der Waals surface area contributed by atoms with Gasteiger partial charge in [0.1, 0.15) is 6.10 Å². The molecule has 8 atom stereocenters. The minimum absolute atomic E-state index is 0.0762. The molecule has 0 aromatic heterocycles. The van der Waals surface area contributed by atoms with Crippen molar-refractivity contribution in [3.63, 3.8) is 0 Å². The van der Waals surface area contributed by atoms with Gasteiger partial charge in [0.15, 0.2) is 0 Å². The maximum atomic E-state index is 12.6. The molecule has 0 amide bonds. The Bertz CT molecular complexity index is 951. The second kappa shape index (κ2) is 10.5. The Kier molecular flexibility index (Phi) is 8.20. The Morgan fingerprint density at radius 1 is 1.19 bits per heavy atom. The lowest BCUT2D eigenvalue weighted by molar-refractivity contribution is -0.254. The molecule has 1 N–H and O–H groups in total. The first-order chi connectivity index (χ1) is 16.8. The van der Waals surface area contributed by atoms with E-state index in [0.29, 0.717) is 24.8 Å². The number of esters is 3. The molecule has 1 saturated carbocycles. The van der Waals surface area contributed by atoms with E-state index in [1.165, 1.54) is 13.8 Å². The van der Waals surface area contributed by atoms with Crippen LogP contribution in [0.3, 0.4) is 0 Å². The topological polar surface area (TPSA) is 108 Å². The minimum atomic E-state index is -1.18. The molecule has 1 spiro atoms. The average molecular weight is 505 g/mol. The summed E-state index contributed by atoms with van der Waals surface area (Å²) in [5.74, 6) is -2.08. The van der Waals surface area contributed by atoms with E-state index in [0.717, 1.165) is 12.0 Å². The molecule has 1 aliphatic heterocycles. The molecular weight excluding hydrogens is 464 g/mol. The summed E-state index contributed by atoms with van der Waals surface area (Å²) in [6, 6.07) is 0. The number of carbonyl (C=O) groups is 3. The van der Waals surface area contributed by atoms with Crippen LogP contribution in [-0.2, 0) is 33.3 Å². The molecule has 3 rings (SSSR count). The van der Waals surface area contributed by atoms with E-state index in [1.807, 2.05) is 0 Å². The third-order valence-corrected chi connectivity index (χ3v) is 8.41. The Balaban J connectivity index is 2.20. The molecule has 2 fully saturated rings. The Hall–Kier alpha value is -2.45. The van der Waals surface area contributed by atoms with E-state index in [9.17, 15) is 19.5 Å². The van der Waals surface area contributed by atoms with Crippen molar-refractivity contribution in [2.75, 3.05) is 0 Å². The predicted octanol–water partition coefficient (Wildman–Crippen LogP) is 4.22. The van der Waals surface area contributed by atoms with Gasteiger partial charge in [0.2, 0.25) is 12.6 Å². The molecule has 8 nitrogen and oxygen atoms in total. The van der Waals surface area contributed by atoms with Crippen molar-refractivity contribution in [3.05, 3.63) is 36.5 Å². The summed E-state index contributed by atoms with van der Waals surface area (Å²) < 4.78 is 23.1. The van der Waals surface area contributed by atoms with E-state index < -0.39 is 42.1 Å². The lowest BCUT2D eigenvalue weighted by atomic mass is 9.45. The number of carbonyl (C=O) groups excluding carboxylic acids is 3. The number of hydrogen-bond donors (Lipinski definition) is 1. The number of allylic oxidation sites excluding steroid dienone is 2. The summed E-state index contributed by atoms with van der Waals surface area (Å²) in [6.45, 7) is 18.2. The van der Waals surface area contributed by atoms with Crippen molar-refractivity contribution in [2.24, 2.45) is 28.6 Å². The van der Waals surface area contributed by atoms with Gasteiger partial charge in [0.05, 0.1) is 17.4 Å². The molecule has 1 heterocycles. The highest BCUT2D eigenvalue weighted by Crippen LogP contribution is 2.67. The standard InChI is InChI=1S/C28H40O8/c1-9-16(4)10-11-27(8)17(5)12-23(31)28-21(13-20(14-22(27)28)35-24(32)15(2)3)25(33-18(6)29)36-26(28)34-19(7)30/h9,13,15,17,20,22-23,25-26,31H,1,4,10-12,14H2,2-3,5-8H3/t17-,20+,22+,23+,25+,26+,27-,28-/m1/s1. The first-order valence-electron chi connectivity index (χ1n) is 12.7. The number of aliphatic hydroxyl groups excluding tert-OH is 1. The highest BCUT2D eigenvalue weighted by molar-refractivity contribution is 5.72. The van der Waals surface area contributed by atoms with Crippen molar-refractivity contribution < 1.29 is 38.4 Å². The molecule has 8 heteroatoms. The first-order valence-corrected chi connectivity index (χ1v) is 12.7. The minimum Gasteiger partial charge on any atom is -0.458 e. The second-order valence-electron chi connectivity index (χ2n) is 11.0. The second-order valence-corrected chi connectivity index (χ2v) is 11.0. The summed E-state index contributed by atoms with van der Waals surface area (Å²) >= 11 is 0. The molecule has 3 aliphatic rings. The van der Waals surface area contributed by atoms with Crippen molar-refractivity contribution in [1.82, 2.24) is 0 Å². The highest BCUT2D eigenvalue weighted by Gasteiger charge is 2.71. The lowest BCUT2D eigenvalue weighted by Crippen LogP contribution is -2.63. The zero-order valence-electron chi connectivity index (χ0n) is 22.2. The zero-order valence-corrected chi connectivity index (χ0v) is 22.2. The molecule has 0 aromatic carbocycles. The molecule has 0 radical (unpaired) electrons. The van der Waals surface area contributed by atoms with E-state index >= 15 is 0 Å². The molecule has 36 heavy (non-hydrogen) atoms. The fourth-order valence-corrected chi connectivity index (χ4v) is 6.30. The van der Waals surface area contributed by atoms with Crippen LogP contribution in [0, 0.1) is 28.6 Å². The quantitative estimate of drug-likeness (QED) is 0.226. The van der Waals surface area contributed by atoms with Gasteiger partial charge in [-0.05, 0) is 49.0 Å². The lowest BCUT2D eigenvalue weighted by Gasteiger charge is -2.60. The summed E-state index contributed by atoms with van der Waals surface area (Å²) in [5, 5.41) is 11.7. The van der Waals surface area contributed by atoms with Crippen LogP contribution in [0.15, 0.2) is 36.5 Å². The van der Waals surface area contributed by atoms with Gasteiger partial charge in [0, 0.05) is 19.4 Å². The number of aliphatic hydroxyl groups is 1. The summed E-state index contributed by atoms with van der Waals surface area (Å²) in [5.41, 5.74) is -0.173. The monoisotopic (exact) mass is 504 g/mol. The molecule has 0 unspecified atom stereocenters. The van der Waals surface area contributed by atoms with Crippen molar-refractivity contribution >= 4 is 17.9 Å². The molecule has 200 valence electrons. The van der Waals surface area contributed by atoms with Gasteiger partial charge in [-0.25, -0.2) is 0 Å². The normalized spacial score (nSPS) is 37.3. The van der Waals surface area contributed by atoms with E-state index in [1.54, 1.807) is 26.0 Å². The van der Waals surface area contributed by atoms with Gasteiger partial charge in [0.25, 0.3) is 0 Å². The number of ether oxygens (including phenoxy) is 4. The largest absolute Gasteiger partial charge is 0.458 e. The maximum Gasteiger partial charge on any atom is 0.308 e. The molecule has 1 saturated heterocycles. The summed E-state index contributed by atoms with van der Waals surface area (Å²) in [4.78, 5) is 36.7. The van der Waals surface area contributed by atoms with E-state index in [-0.39, 0.29) is 29.1 Å². The molecular formula is C28H40O8. The van der Waals surface area contributed by atoms with Gasteiger partial charge >= 0.3 is 17.9 Å². The Labute approximate surface area is 213 Å². The van der Waals surface area contributed by atoms with Crippen LogP contribution in [0.25, 0.3) is 0 Å². The summed E-state index contributed by atoms with van der Waals surface area (Å²) in [6.07, 6.45) is 1.79. The number of hydrogen-bond acceptors (Lipinski definition) is 8. The fourth-order valence-electron chi connectivity index (χ4n) is 6.30. The number of rotatable bonds is 8. The van der Waals surface area contributed by atoms with Gasteiger partial charge in [-0.1, -0.05) is 52.5 Å². The third-order valence-electron chi connectivity index (χ3n) is 8.41. The van der Waals surface area contributed by atoms with Crippen molar-refractivity contribution in [1.29, 1.82) is 0 Å². The van der Waals surface area contributed by atoms with Crippen LogP contribution < -0.4 is 0 Å². The van der Waals surface area contributed by atoms with Gasteiger partial charge in [-0.2, -0.15) is 0 Å². The first kappa shape index (κ1) is 28.1. The van der Waals surface area contributed by atoms with Crippen LogP contribution in [-0.4, -0.2) is 47.8 Å². The van der Waals surface area contributed by atoms with Gasteiger partial charge in [-0.15, -0.1) is 0 Å². The highest BCUT2D eigenvalue weighted by atomic mass is 16.8. The maximum absolute atomic E-state index is 12.6. The molecule has 0 aromatic rings. The van der Waals surface area contributed by atoms with Gasteiger partial charge < -0.3 is 19.3 Å². The van der Waals surface area contributed by atoms with Crippen LogP contribution >= 0.6 is 0 Å². The smallest absolute Gasteiger partial charge is 0.308 e. The van der Waals surface area contributed by atoms with Crippen LogP contribution in [0.4, 0.5) is 0 Å². The van der Waals surface area contributed by atoms with Crippen molar-refractivity contribution in [2.45, 2.75) is 92.0 Å². The van der Waals surface area contributed by atoms with Gasteiger partial charge in [-0.3, -0.25) is 19.1 Å². The SMILES string of the molecule is C=CC(=C)CC[C@]1(C)[C@H](C)C[C@H](O)[C@@]23C(=C[C@H](OC(=O)C(C)C)C[C@@H]12)[C@@H](OC(C)=O)O[C@@H]3OC(C)=O. The van der Waals surface area contributed by atoms with E-state index in [4.69, 9.17) is 18.9 Å². The fraction of sp³-hybridized carbons (Fsp3) is 0.679. The van der Waals surface area contributed by atoms with Crippen LogP contribution in [0.2, 0.25) is 0 Å². The van der Waals surface area contributed by atoms with Crippen LogP contribution in [0.5, 0.6) is 0 Å².